The Balaban J connectivity index is 1.77. The van der Waals surface area contributed by atoms with Crippen LogP contribution in [0.5, 0.6) is 0 Å². The summed E-state index contributed by atoms with van der Waals surface area (Å²) in [5, 5.41) is 16.4. The molecule has 0 spiro atoms. The molecule has 0 radical (unpaired) electrons. The lowest BCUT2D eigenvalue weighted by Crippen LogP contribution is -2.06. The molecule has 6 nitrogen and oxygen atoms in total. The number of pyridine rings is 1. The van der Waals surface area contributed by atoms with Crippen LogP contribution in [0.2, 0.25) is 0 Å². The first-order chi connectivity index (χ1) is 9.86. The molecule has 0 saturated heterocycles. The van der Waals surface area contributed by atoms with E-state index in [0.717, 1.165) is 17.3 Å². The lowest BCUT2D eigenvalue weighted by atomic mass is 10.3. The van der Waals surface area contributed by atoms with Crippen molar-refractivity contribution in [3.63, 3.8) is 0 Å². The van der Waals surface area contributed by atoms with Crippen LogP contribution in [-0.2, 0) is 13.2 Å². The molecule has 6 heteroatoms. The topological polar surface area (TPSA) is 76.1 Å². The summed E-state index contributed by atoms with van der Waals surface area (Å²) in [5.41, 5.74) is 0.859. The number of nitrogens with one attached hydrogen (secondary N) is 1. The highest BCUT2D eigenvalue weighted by Gasteiger charge is 2.07. The van der Waals surface area contributed by atoms with E-state index in [9.17, 15) is 0 Å². The van der Waals surface area contributed by atoms with E-state index in [1.165, 1.54) is 0 Å². The zero-order valence-electron chi connectivity index (χ0n) is 10.7. The van der Waals surface area contributed by atoms with Crippen LogP contribution in [0.3, 0.4) is 0 Å². The molecule has 0 fully saturated rings. The Bertz CT molecular complexity index is 676. The third-order valence-electron chi connectivity index (χ3n) is 2.83. The van der Waals surface area contributed by atoms with Crippen molar-refractivity contribution in [1.29, 1.82) is 0 Å². The Morgan fingerprint density at radius 1 is 1.15 bits per heavy atom. The Morgan fingerprint density at radius 2 is 2.05 bits per heavy atom. The fourth-order valence-corrected chi connectivity index (χ4v) is 1.90. The van der Waals surface area contributed by atoms with Gasteiger partial charge in [0.05, 0.1) is 12.2 Å². The molecule has 0 aromatic carbocycles. The van der Waals surface area contributed by atoms with Crippen molar-refractivity contribution in [1.82, 2.24) is 14.8 Å². The third kappa shape index (κ3) is 2.55. The van der Waals surface area contributed by atoms with Gasteiger partial charge in [0.2, 0.25) is 0 Å². The SMILES string of the molecule is OCc1ccc(CNc2cccnc2-n2cccn2)o1. The van der Waals surface area contributed by atoms with E-state index >= 15 is 0 Å². The maximum absolute atomic E-state index is 8.97. The molecule has 3 rings (SSSR count). The number of furan rings is 1. The second kappa shape index (κ2) is 5.58. The zero-order valence-corrected chi connectivity index (χ0v) is 10.7. The van der Waals surface area contributed by atoms with Crippen molar-refractivity contribution in [2.75, 3.05) is 5.32 Å². The number of hydrogen-bond acceptors (Lipinski definition) is 5. The van der Waals surface area contributed by atoms with Gasteiger partial charge in [0.15, 0.2) is 5.82 Å². The number of aliphatic hydroxyl groups excluding tert-OH is 1. The minimum atomic E-state index is -0.0918. The van der Waals surface area contributed by atoms with Gasteiger partial charge in [-0.2, -0.15) is 5.10 Å². The van der Waals surface area contributed by atoms with Crippen LogP contribution < -0.4 is 5.32 Å². The minimum Gasteiger partial charge on any atom is -0.462 e. The number of nitrogens with zero attached hydrogens (tertiary/aromatic N) is 3. The maximum atomic E-state index is 8.97. The van der Waals surface area contributed by atoms with Gasteiger partial charge in [-0.25, -0.2) is 9.67 Å². The van der Waals surface area contributed by atoms with Gasteiger partial charge in [0.1, 0.15) is 18.1 Å². The van der Waals surface area contributed by atoms with Crippen molar-refractivity contribution in [3.05, 3.63) is 60.4 Å². The minimum absolute atomic E-state index is 0.0918. The van der Waals surface area contributed by atoms with Gasteiger partial charge in [-0.3, -0.25) is 0 Å². The van der Waals surface area contributed by atoms with Crippen LogP contribution >= 0.6 is 0 Å². The van der Waals surface area contributed by atoms with Crippen molar-refractivity contribution >= 4 is 5.69 Å². The van der Waals surface area contributed by atoms with Crippen LogP contribution in [0, 0.1) is 0 Å². The molecule has 3 aromatic heterocycles. The zero-order chi connectivity index (χ0) is 13.8. The molecule has 0 amide bonds. The molecule has 0 saturated carbocycles. The summed E-state index contributed by atoms with van der Waals surface area (Å²) in [4.78, 5) is 4.32. The van der Waals surface area contributed by atoms with E-state index in [1.54, 1.807) is 23.1 Å². The van der Waals surface area contributed by atoms with Gasteiger partial charge < -0.3 is 14.8 Å². The standard InChI is InChI=1S/C14H14N4O2/c19-10-12-5-4-11(20-12)9-16-13-3-1-6-15-14(13)18-8-2-7-17-18/h1-8,16,19H,9-10H2. The fraction of sp³-hybridized carbons (Fsp3) is 0.143. The summed E-state index contributed by atoms with van der Waals surface area (Å²) < 4.78 is 7.13. The van der Waals surface area contributed by atoms with Crippen LogP contribution in [0.4, 0.5) is 5.69 Å². The summed E-state index contributed by atoms with van der Waals surface area (Å²) in [6.45, 7) is 0.422. The van der Waals surface area contributed by atoms with Crippen LogP contribution in [0.25, 0.3) is 5.82 Å². The van der Waals surface area contributed by atoms with Crippen LogP contribution in [0.15, 0.2) is 53.3 Å². The predicted molar refractivity (Wildman–Crippen MR) is 73.3 cm³/mol. The lowest BCUT2D eigenvalue weighted by Gasteiger charge is -2.09. The second-order valence-corrected chi connectivity index (χ2v) is 4.20. The van der Waals surface area contributed by atoms with Gasteiger partial charge in [-0.15, -0.1) is 0 Å². The molecule has 2 N–H and O–H groups in total. The Morgan fingerprint density at radius 3 is 2.80 bits per heavy atom. The highest BCUT2D eigenvalue weighted by atomic mass is 16.4. The van der Waals surface area contributed by atoms with Crippen molar-refractivity contribution < 1.29 is 9.52 Å². The van der Waals surface area contributed by atoms with E-state index in [-0.39, 0.29) is 6.61 Å². The summed E-state index contributed by atoms with van der Waals surface area (Å²) in [6.07, 6.45) is 5.27. The number of aromatic nitrogens is 3. The first kappa shape index (κ1) is 12.4. The largest absolute Gasteiger partial charge is 0.462 e. The average Bonchev–Trinajstić information content (AvgIpc) is 3.17. The predicted octanol–water partition coefficient (Wildman–Crippen LogP) is 1.96. The van der Waals surface area contributed by atoms with E-state index in [2.05, 4.69) is 15.4 Å². The Hall–Kier alpha value is -2.60. The van der Waals surface area contributed by atoms with Gasteiger partial charge in [0, 0.05) is 18.6 Å². The molecule has 0 aliphatic heterocycles. The summed E-state index contributed by atoms with van der Waals surface area (Å²) in [7, 11) is 0. The summed E-state index contributed by atoms with van der Waals surface area (Å²) in [5.74, 6) is 2.04. The summed E-state index contributed by atoms with van der Waals surface area (Å²) >= 11 is 0. The van der Waals surface area contributed by atoms with Gasteiger partial charge in [-0.1, -0.05) is 0 Å². The van der Waals surface area contributed by atoms with E-state index in [1.807, 2.05) is 30.5 Å². The fourth-order valence-electron chi connectivity index (χ4n) is 1.90. The van der Waals surface area contributed by atoms with Crippen LogP contribution in [0.1, 0.15) is 11.5 Å². The third-order valence-corrected chi connectivity index (χ3v) is 2.83. The van der Waals surface area contributed by atoms with Crippen molar-refractivity contribution in [2.45, 2.75) is 13.2 Å². The van der Waals surface area contributed by atoms with Crippen LogP contribution in [-0.4, -0.2) is 19.9 Å². The highest BCUT2D eigenvalue weighted by Crippen LogP contribution is 2.18. The molecule has 0 unspecified atom stereocenters. The monoisotopic (exact) mass is 270 g/mol. The van der Waals surface area contributed by atoms with E-state index < -0.39 is 0 Å². The first-order valence-corrected chi connectivity index (χ1v) is 6.24. The van der Waals surface area contributed by atoms with Gasteiger partial charge in [0.25, 0.3) is 0 Å². The summed E-state index contributed by atoms with van der Waals surface area (Å²) in [6, 6.07) is 9.23. The normalized spacial score (nSPS) is 10.7. The smallest absolute Gasteiger partial charge is 0.176 e. The molecular formula is C14H14N4O2. The molecule has 0 bridgehead atoms. The first-order valence-electron chi connectivity index (χ1n) is 6.24. The average molecular weight is 270 g/mol. The maximum Gasteiger partial charge on any atom is 0.176 e. The number of aliphatic hydroxyl groups is 1. The Kier molecular flexibility index (Phi) is 3.47. The van der Waals surface area contributed by atoms with E-state index in [0.29, 0.717) is 12.3 Å². The van der Waals surface area contributed by atoms with Gasteiger partial charge >= 0.3 is 0 Å². The molecule has 3 heterocycles. The molecule has 0 aliphatic rings. The highest BCUT2D eigenvalue weighted by molar-refractivity contribution is 5.56. The van der Waals surface area contributed by atoms with Crippen molar-refractivity contribution in [3.8, 4) is 5.82 Å². The molecular weight excluding hydrogens is 256 g/mol. The quantitative estimate of drug-likeness (QED) is 0.741. The molecule has 20 heavy (non-hydrogen) atoms. The van der Waals surface area contributed by atoms with Crippen molar-refractivity contribution in [2.24, 2.45) is 0 Å². The molecule has 3 aromatic rings. The Labute approximate surface area is 115 Å². The van der Waals surface area contributed by atoms with Gasteiger partial charge in [-0.05, 0) is 30.3 Å². The lowest BCUT2D eigenvalue weighted by molar-refractivity contribution is 0.244. The van der Waals surface area contributed by atoms with E-state index in [4.69, 9.17) is 9.52 Å². The number of anilines is 1. The second-order valence-electron chi connectivity index (χ2n) is 4.20. The molecule has 0 atom stereocenters. The molecule has 0 aliphatic carbocycles. The number of rotatable bonds is 5. The molecule has 102 valence electrons. The number of hydrogen-bond donors (Lipinski definition) is 2.